The maximum atomic E-state index is 6.10. The van der Waals surface area contributed by atoms with Crippen molar-refractivity contribution in [2.24, 2.45) is 11.8 Å². The molecular weight excluding hydrogens is 284 g/mol. The predicted molar refractivity (Wildman–Crippen MR) is 85.4 cm³/mol. The molecule has 21 heavy (non-hydrogen) atoms. The number of rotatable bonds is 4. The van der Waals surface area contributed by atoms with Crippen molar-refractivity contribution in [1.82, 2.24) is 5.43 Å². The first-order valence-electron chi connectivity index (χ1n) is 7.09. The predicted octanol–water partition coefficient (Wildman–Crippen LogP) is 3.27. The lowest BCUT2D eigenvalue weighted by Gasteiger charge is -2.23. The molecule has 2 aromatic rings. The second kappa shape index (κ2) is 6.06. The zero-order chi connectivity index (χ0) is 14.8. The third-order valence-corrected chi connectivity index (χ3v) is 4.58. The lowest BCUT2D eigenvalue weighted by Crippen LogP contribution is -2.34. The van der Waals surface area contributed by atoms with E-state index in [1.54, 1.807) is 7.11 Å². The van der Waals surface area contributed by atoms with Crippen LogP contribution in [0.4, 0.5) is 0 Å². The minimum Gasteiger partial charge on any atom is -0.495 e. The first kappa shape index (κ1) is 14.4. The average molecular weight is 303 g/mol. The molecule has 0 saturated heterocycles. The molecule has 0 saturated carbocycles. The number of hydrazine groups is 1. The Morgan fingerprint density at radius 3 is 2.43 bits per heavy atom. The van der Waals surface area contributed by atoms with E-state index in [0.717, 1.165) is 18.4 Å². The highest BCUT2D eigenvalue weighted by atomic mass is 35.5. The van der Waals surface area contributed by atoms with Crippen LogP contribution in [0.1, 0.15) is 22.7 Å². The highest BCUT2D eigenvalue weighted by Gasteiger charge is 2.29. The van der Waals surface area contributed by atoms with Crippen LogP contribution in [0.2, 0.25) is 5.02 Å². The molecule has 0 bridgehead atoms. The fraction of sp³-hybridized carbons (Fsp3) is 0.294. The van der Waals surface area contributed by atoms with E-state index in [1.807, 2.05) is 18.2 Å². The van der Waals surface area contributed by atoms with Crippen molar-refractivity contribution >= 4 is 11.6 Å². The van der Waals surface area contributed by atoms with Gasteiger partial charge in [0.25, 0.3) is 0 Å². The Labute approximate surface area is 130 Å². The number of methoxy groups -OCH3 is 1. The van der Waals surface area contributed by atoms with Crippen LogP contribution in [0.15, 0.2) is 42.5 Å². The zero-order valence-electron chi connectivity index (χ0n) is 12.0. The molecule has 2 aromatic carbocycles. The van der Waals surface area contributed by atoms with Gasteiger partial charge in [0.1, 0.15) is 5.75 Å². The molecule has 1 unspecified atom stereocenters. The van der Waals surface area contributed by atoms with E-state index in [-0.39, 0.29) is 6.04 Å². The third-order valence-electron chi connectivity index (χ3n) is 4.27. The number of nitrogens with one attached hydrogen (secondary N) is 1. The highest BCUT2D eigenvalue weighted by Crippen LogP contribution is 2.37. The summed E-state index contributed by atoms with van der Waals surface area (Å²) in [6.45, 7) is 0. The lowest BCUT2D eigenvalue weighted by atomic mass is 9.91. The smallest absolute Gasteiger partial charge is 0.137 e. The Balaban J connectivity index is 1.87. The van der Waals surface area contributed by atoms with E-state index >= 15 is 0 Å². The minimum absolute atomic E-state index is 0.0866. The van der Waals surface area contributed by atoms with Crippen LogP contribution in [0.25, 0.3) is 0 Å². The number of hydrogen-bond acceptors (Lipinski definition) is 3. The van der Waals surface area contributed by atoms with E-state index in [2.05, 4.69) is 29.7 Å². The molecule has 3 rings (SSSR count). The summed E-state index contributed by atoms with van der Waals surface area (Å²) in [6.07, 6.45) is 2.08. The maximum absolute atomic E-state index is 6.10. The maximum Gasteiger partial charge on any atom is 0.137 e. The molecule has 1 aliphatic carbocycles. The fourth-order valence-electron chi connectivity index (χ4n) is 3.20. The van der Waals surface area contributed by atoms with Crippen LogP contribution in [-0.2, 0) is 12.8 Å². The standard InChI is InChI=1S/C17H19ClN2O/c1-21-16-10-13(6-7-15(16)18)17(20-19)14-8-11-4-2-3-5-12(11)9-14/h2-7,10,14,17,20H,8-9,19H2,1H3. The molecule has 3 nitrogen and oxygen atoms in total. The lowest BCUT2D eigenvalue weighted by molar-refractivity contribution is 0.375. The summed E-state index contributed by atoms with van der Waals surface area (Å²) < 4.78 is 5.30. The second-order valence-electron chi connectivity index (χ2n) is 5.48. The number of benzene rings is 2. The molecule has 0 aliphatic heterocycles. The summed E-state index contributed by atoms with van der Waals surface area (Å²) in [5.41, 5.74) is 6.92. The number of halogens is 1. The molecular formula is C17H19ClN2O. The van der Waals surface area contributed by atoms with Gasteiger partial charge in [-0.05, 0) is 47.6 Å². The number of ether oxygens (including phenoxy) is 1. The quantitative estimate of drug-likeness (QED) is 0.673. The van der Waals surface area contributed by atoms with Crippen molar-refractivity contribution in [2.75, 3.05) is 7.11 Å². The van der Waals surface area contributed by atoms with E-state index in [0.29, 0.717) is 16.7 Å². The molecule has 110 valence electrons. The second-order valence-corrected chi connectivity index (χ2v) is 5.88. The van der Waals surface area contributed by atoms with E-state index < -0.39 is 0 Å². The summed E-state index contributed by atoms with van der Waals surface area (Å²) in [4.78, 5) is 0. The number of fused-ring (bicyclic) bond motifs is 1. The normalized spacial score (nSPS) is 15.8. The van der Waals surface area contributed by atoms with Gasteiger partial charge in [-0.15, -0.1) is 0 Å². The van der Waals surface area contributed by atoms with Gasteiger partial charge in [0.2, 0.25) is 0 Å². The largest absolute Gasteiger partial charge is 0.495 e. The van der Waals surface area contributed by atoms with Crippen LogP contribution in [0.5, 0.6) is 5.75 Å². The van der Waals surface area contributed by atoms with Crippen LogP contribution in [-0.4, -0.2) is 7.11 Å². The monoisotopic (exact) mass is 302 g/mol. The molecule has 0 spiro atoms. The van der Waals surface area contributed by atoms with Crippen LogP contribution in [0, 0.1) is 5.92 Å². The molecule has 1 aliphatic rings. The Hall–Kier alpha value is -1.55. The number of hydrogen-bond donors (Lipinski definition) is 2. The Kier molecular flexibility index (Phi) is 4.15. The van der Waals surface area contributed by atoms with Gasteiger partial charge in [-0.2, -0.15) is 0 Å². The summed E-state index contributed by atoms with van der Waals surface area (Å²) in [7, 11) is 1.63. The molecule has 1 atom stereocenters. The third kappa shape index (κ3) is 2.77. The van der Waals surface area contributed by atoms with E-state index in [4.69, 9.17) is 22.2 Å². The van der Waals surface area contributed by atoms with Crippen molar-refractivity contribution < 1.29 is 4.74 Å². The van der Waals surface area contributed by atoms with Gasteiger partial charge >= 0.3 is 0 Å². The first-order valence-corrected chi connectivity index (χ1v) is 7.47. The molecule has 4 heteroatoms. The van der Waals surface area contributed by atoms with E-state index in [9.17, 15) is 0 Å². The van der Waals surface area contributed by atoms with E-state index in [1.165, 1.54) is 11.1 Å². The molecule has 0 amide bonds. The Morgan fingerprint density at radius 1 is 1.19 bits per heavy atom. The Bertz CT molecular complexity index is 619. The van der Waals surface area contributed by atoms with Crippen molar-refractivity contribution in [3.63, 3.8) is 0 Å². The van der Waals surface area contributed by atoms with Crippen LogP contribution < -0.4 is 16.0 Å². The van der Waals surface area contributed by atoms with Crippen LogP contribution in [0.3, 0.4) is 0 Å². The van der Waals surface area contributed by atoms with Crippen LogP contribution >= 0.6 is 11.6 Å². The Morgan fingerprint density at radius 2 is 1.86 bits per heavy atom. The number of nitrogens with two attached hydrogens (primary N) is 1. The van der Waals surface area contributed by atoms with Gasteiger partial charge in [0.05, 0.1) is 12.1 Å². The van der Waals surface area contributed by atoms with Crippen molar-refractivity contribution in [1.29, 1.82) is 0 Å². The van der Waals surface area contributed by atoms with Gasteiger partial charge in [0, 0.05) is 6.04 Å². The minimum atomic E-state index is 0.0866. The molecule has 3 N–H and O–H groups in total. The van der Waals surface area contributed by atoms with Gasteiger partial charge in [0.15, 0.2) is 0 Å². The van der Waals surface area contributed by atoms with Crippen molar-refractivity contribution in [3.8, 4) is 5.75 Å². The molecule has 0 heterocycles. The molecule has 0 aromatic heterocycles. The summed E-state index contributed by atoms with van der Waals surface area (Å²) in [5, 5.41) is 0.617. The van der Waals surface area contributed by atoms with Crippen molar-refractivity contribution in [3.05, 3.63) is 64.2 Å². The van der Waals surface area contributed by atoms with Crippen molar-refractivity contribution in [2.45, 2.75) is 18.9 Å². The average Bonchev–Trinajstić information content (AvgIpc) is 2.93. The summed E-state index contributed by atoms with van der Waals surface area (Å²) >= 11 is 6.10. The SMILES string of the molecule is COc1cc(C(NN)C2Cc3ccccc3C2)ccc1Cl. The first-order chi connectivity index (χ1) is 10.2. The molecule has 0 fully saturated rings. The topological polar surface area (TPSA) is 47.3 Å². The summed E-state index contributed by atoms with van der Waals surface area (Å²) in [6, 6.07) is 14.5. The van der Waals surface area contributed by atoms with Gasteiger partial charge < -0.3 is 4.74 Å². The van der Waals surface area contributed by atoms with Gasteiger partial charge in [-0.3, -0.25) is 11.3 Å². The highest BCUT2D eigenvalue weighted by molar-refractivity contribution is 6.32. The fourth-order valence-corrected chi connectivity index (χ4v) is 3.40. The van der Waals surface area contributed by atoms with Gasteiger partial charge in [-0.25, -0.2) is 0 Å². The van der Waals surface area contributed by atoms with Gasteiger partial charge in [-0.1, -0.05) is 41.9 Å². The summed E-state index contributed by atoms with van der Waals surface area (Å²) in [5.74, 6) is 6.95. The molecule has 0 radical (unpaired) electrons. The zero-order valence-corrected chi connectivity index (χ0v) is 12.7.